The van der Waals surface area contributed by atoms with Crippen molar-refractivity contribution in [1.82, 2.24) is 5.32 Å². The van der Waals surface area contributed by atoms with Gasteiger partial charge in [0.2, 0.25) is 5.91 Å². The monoisotopic (exact) mass is 310 g/mol. The van der Waals surface area contributed by atoms with Crippen molar-refractivity contribution in [3.63, 3.8) is 0 Å². The van der Waals surface area contributed by atoms with E-state index in [9.17, 15) is 9.59 Å². The van der Waals surface area contributed by atoms with E-state index >= 15 is 0 Å². The van der Waals surface area contributed by atoms with Crippen LogP contribution in [0.5, 0.6) is 0 Å². The Hall–Kier alpha value is -1.97. The number of fused-ring (bicyclic) bond motifs is 2. The summed E-state index contributed by atoms with van der Waals surface area (Å²) in [6, 6.07) is 0. The zero-order valence-corrected chi connectivity index (χ0v) is 13.3. The van der Waals surface area contributed by atoms with Crippen LogP contribution in [-0.4, -0.2) is 17.5 Å². The number of rotatable bonds is 1. The molecule has 23 heavy (non-hydrogen) atoms. The molecule has 0 aromatic carbocycles. The minimum Gasteiger partial charge on any atom is -0.325 e. The number of allylic oxidation sites excluding steroid dienone is 3. The van der Waals surface area contributed by atoms with E-state index in [2.05, 4.69) is 16.4 Å². The molecule has 1 heterocycles. The van der Waals surface area contributed by atoms with Gasteiger partial charge < -0.3 is 5.32 Å². The van der Waals surface area contributed by atoms with E-state index in [4.69, 9.17) is 0 Å². The molecule has 2 amide bonds. The van der Waals surface area contributed by atoms with Crippen molar-refractivity contribution in [1.29, 1.82) is 0 Å². The number of hydrogen-bond donors (Lipinski definition) is 1. The van der Waals surface area contributed by atoms with Crippen molar-refractivity contribution in [2.45, 2.75) is 51.4 Å². The van der Waals surface area contributed by atoms with Crippen molar-refractivity contribution in [2.24, 2.45) is 16.8 Å². The number of amides is 2. The first-order valence-corrected chi connectivity index (χ1v) is 8.78. The second-order valence-electron chi connectivity index (χ2n) is 6.96. The largest absolute Gasteiger partial charge is 0.325 e. The Morgan fingerprint density at radius 1 is 1.13 bits per heavy atom. The number of carbonyl (C=O) groups is 2. The fourth-order valence-corrected chi connectivity index (χ4v) is 4.21. The first kappa shape index (κ1) is 14.6. The lowest BCUT2D eigenvalue weighted by Crippen LogP contribution is -2.37. The highest BCUT2D eigenvalue weighted by Gasteiger charge is 2.33. The van der Waals surface area contributed by atoms with E-state index in [-0.39, 0.29) is 23.7 Å². The summed E-state index contributed by atoms with van der Waals surface area (Å²) in [5.74, 6) is 0.306. The number of nitrogens with zero attached hydrogens (tertiary/aromatic N) is 1. The Kier molecular flexibility index (Phi) is 3.76. The van der Waals surface area contributed by atoms with Gasteiger partial charge in [-0.05, 0) is 56.3 Å². The molecule has 120 valence electrons. The highest BCUT2D eigenvalue weighted by molar-refractivity contribution is 6.12. The summed E-state index contributed by atoms with van der Waals surface area (Å²) >= 11 is 0. The van der Waals surface area contributed by atoms with Crippen LogP contribution in [0.15, 0.2) is 40.1 Å². The Labute approximate surface area is 136 Å². The summed E-state index contributed by atoms with van der Waals surface area (Å²) in [5, 5.41) is 3.01. The molecule has 1 saturated carbocycles. The highest BCUT2D eigenvalue weighted by atomic mass is 16.2. The highest BCUT2D eigenvalue weighted by Crippen LogP contribution is 2.38. The van der Waals surface area contributed by atoms with Crippen molar-refractivity contribution in [3.05, 3.63) is 35.1 Å². The number of carbonyl (C=O) groups excluding carboxylic acids is 2. The standard InChI is InChI=1S/C19H22N2O2/c22-18(12-5-1-2-6-12)20-13-9-10-15-14-7-3-4-8-16(14)19(23)21-17(15)11-13/h9-12,15H,1-8H2,(H,21,23). The molecule has 1 unspecified atom stereocenters. The van der Waals surface area contributed by atoms with Crippen molar-refractivity contribution >= 4 is 17.5 Å². The zero-order chi connectivity index (χ0) is 15.8. The molecule has 4 aliphatic rings. The van der Waals surface area contributed by atoms with Gasteiger partial charge in [-0.15, -0.1) is 0 Å². The summed E-state index contributed by atoms with van der Waals surface area (Å²) in [4.78, 5) is 28.8. The van der Waals surface area contributed by atoms with Crippen molar-refractivity contribution in [2.75, 3.05) is 0 Å². The van der Waals surface area contributed by atoms with Gasteiger partial charge in [-0.1, -0.05) is 18.9 Å². The Bertz CT molecular complexity index is 675. The second kappa shape index (κ2) is 5.91. The Morgan fingerprint density at radius 3 is 2.74 bits per heavy atom. The van der Waals surface area contributed by atoms with Gasteiger partial charge in [0.25, 0.3) is 5.91 Å². The molecule has 4 nitrogen and oxygen atoms in total. The molecule has 1 fully saturated rings. The van der Waals surface area contributed by atoms with Gasteiger partial charge in [-0.3, -0.25) is 9.59 Å². The maximum absolute atomic E-state index is 12.3. The average Bonchev–Trinajstić information content (AvgIpc) is 3.09. The van der Waals surface area contributed by atoms with Crippen LogP contribution in [0.25, 0.3) is 0 Å². The van der Waals surface area contributed by atoms with E-state index in [1.54, 1.807) is 0 Å². The lowest BCUT2D eigenvalue weighted by Gasteiger charge is -2.33. The molecule has 0 saturated heterocycles. The molecule has 0 radical (unpaired) electrons. The summed E-state index contributed by atoms with van der Waals surface area (Å²) < 4.78 is 0. The number of hydrogen-bond acceptors (Lipinski definition) is 2. The van der Waals surface area contributed by atoms with E-state index in [0.29, 0.717) is 5.71 Å². The molecule has 0 bridgehead atoms. The Balaban J connectivity index is 1.59. The number of aliphatic imine (C=N–C) groups is 1. The van der Waals surface area contributed by atoms with Crippen LogP contribution in [0.2, 0.25) is 0 Å². The van der Waals surface area contributed by atoms with Crippen LogP contribution in [0.4, 0.5) is 0 Å². The van der Waals surface area contributed by atoms with Crippen LogP contribution < -0.4 is 5.32 Å². The zero-order valence-electron chi connectivity index (χ0n) is 13.3. The van der Waals surface area contributed by atoms with Gasteiger partial charge >= 0.3 is 0 Å². The van der Waals surface area contributed by atoms with Gasteiger partial charge in [0.1, 0.15) is 0 Å². The number of nitrogens with one attached hydrogen (secondary N) is 1. The average molecular weight is 310 g/mol. The van der Waals surface area contributed by atoms with Gasteiger partial charge in [-0.25, -0.2) is 4.99 Å². The van der Waals surface area contributed by atoms with Crippen LogP contribution in [0.1, 0.15) is 51.4 Å². The predicted molar refractivity (Wildman–Crippen MR) is 88.7 cm³/mol. The third-order valence-electron chi connectivity index (χ3n) is 5.46. The molecule has 0 aromatic rings. The molecule has 1 aliphatic heterocycles. The minimum absolute atomic E-state index is 0.00263. The topological polar surface area (TPSA) is 58.5 Å². The van der Waals surface area contributed by atoms with Gasteiger partial charge in [0.05, 0.1) is 5.71 Å². The van der Waals surface area contributed by atoms with Gasteiger partial charge in [0, 0.05) is 23.1 Å². The van der Waals surface area contributed by atoms with Crippen LogP contribution in [0, 0.1) is 11.8 Å². The molecule has 0 spiro atoms. The summed E-state index contributed by atoms with van der Waals surface area (Å²) in [6.07, 6.45) is 14.3. The lowest BCUT2D eigenvalue weighted by molar-refractivity contribution is -0.121. The maximum atomic E-state index is 12.3. The second-order valence-corrected chi connectivity index (χ2v) is 6.96. The molecule has 1 atom stereocenters. The Morgan fingerprint density at radius 2 is 1.91 bits per heavy atom. The summed E-state index contributed by atoms with van der Waals surface area (Å²) in [6.45, 7) is 0. The first-order chi connectivity index (χ1) is 11.2. The van der Waals surface area contributed by atoms with Crippen LogP contribution >= 0.6 is 0 Å². The molecular weight excluding hydrogens is 288 g/mol. The normalized spacial score (nSPS) is 29.2. The fraction of sp³-hybridized carbons (Fsp3) is 0.526. The summed E-state index contributed by atoms with van der Waals surface area (Å²) in [7, 11) is 0. The fourth-order valence-electron chi connectivity index (χ4n) is 4.21. The molecular formula is C19H22N2O2. The van der Waals surface area contributed by atoms with Crippen LogP contribution in [-0.2, 0) is 9.59 Å². The minimum atomic E-state index is -0.00263. The van der Waals surface area contributed by atoms with Gasteiger partial charge in [0.15, 0.2) is 0 Å². The molecule has 4 rings (SSSR count). The van der Waals surface area contributed by atoms with Crippen molar-refractivity contribution in [3.8, 4) is 0 Å². The predicted octanol–water partition coefficient (Wildman–Crippen LogP) is 3.21. The van der Waals surface area contributed by atoms with E-state index in [1.165, 1.54) is 5.57 Å². The van der Waals surface area contributed by atoms with Crippen molar-refractivity contribution < 1.29 is 9.59 Å². The quantitative estimate of drug-likeness (QED) is 0.808. The van der Waals surface area contributed by atoms with E-state index in [1.807, 2.05) is 12.2 Å². The lowest BCUT2D eigenvalue weighted by atomic mass is 9.77. The van der Waals surface area contributed by atoms with Gasteiger partial charge in [-0.2, -0.15) is 0 Å². The van der Waals surface area contributed by atoms with Crippen LogP contribution in [0.3, 0.4) is 0 Å². The first-order valence-electron chi connectivity index (χ1n) is 8.78. The molecule has 3 aliphatic carbocycles. The smallest absolute Gasteiger partial charge is 0.251 e. The summed E-state index contributed by atoms with van der Waals surface area (Å²) in [5.41, 5.74) is 3.80. The maximum Gasteiger partial charge on any atom is 0.251 e. The SMILES string of the molecule is O=C1NC2=CC(=NC(=O)C3CCCC3)C=CC2C2=C1CCCC2. The van der Waals surface area contributed by atoms with E-state index < -0.39 is 0 Å². The molecule has 0 aromatic heterocycles. The molecule has 1 N–H and O–H groups in total. The third kappa shape index (κ3) is 2.71. The molecule has 4 heteroatoms. The third-order valence-corrected chi connectivity index (χ3v) is 5.46. The van der Waals surface area contributed by atoms with E-state index in [0.717, 1.165) is 62.6 Å².